The molecule has 0 saturated heterocycles. The van der Waals surface area contributed by atoms with Crippen molar-refractivity contribution in [1.82, 2.24) is 15.5 Å². The van der Waals surface area contributed by atoms with Gasteiger partial charge < -0.3 is 25.4 Å². The van der Waals surface area contributed by atoms with E-state index >= 15 is 0 Å². The zero-order valence-electron chi connectivity index (χ0n) is 13.2. The Morgan fingerprint density at radius 3 is 2.29 bits per heavy atom. The molecule has 0 spiro atoms. The lowest BCUT2D eigenvalue weighted by molar-refractivity contribution is -0.142. The number of carbonyl (C=O) groups is 3. The second-order valence-corrected chi connectivity index (χ2v) is 5.79. The number of carbonyl (C=O) groups excluding carboxylic acids is 2. The van der Waals surface area contributed by atoms with Gasteiger partial charge in [0, 0.05) is 20.7 Å². The number of aliphatic carboxylic acids is 1. The first kappa shape index (κ1) is 19.2. The summed E-state index contributed by atoms with van der Waals surface area (Å²) in [6.07, 6.45) is 0. The van der Waals surface area contributed by atoms with Crippen molar-refractivity contribution in [1.29, 1.82) is 0 Å². The zero-order chi connectivity index (χ0) is 16.6. The normalized spacial score (nSPS) is 12.4. The zero-order valence-corrected chi connectivity index (χ0v) is 13.2. The Morgan fingerprint density at radius 1 is 1.29 bits per heavy atom. The van der Waals surface area contributed by atoms with E-state index in [2.05, 4.69) is 10.6 Å². The summed E-state index contributed by atoms with van der Waals surface area (Å²) in [7, 11) is 2.94. The van der Waals surface area contributed by atoms with Gasteiger partial charge in [-0.3, -0.25) is 4.79 Å². The lowest BCUT2D eigenvalue weighted by Crippen LogP contribution is -2.53. The van der Waals surface area contributed by atoms with Crippen molar-refractivity contribution < 1.29 is 24.2 Å². The molecular weight excluding hydrogens is 278 g/mol. The van der Waals surface area contributed by atoms with E-state index in [9.17, 15) is 14.4 Å². The molecule has 21 heavy (non-hydrogen) atoms. The molecule has 0 bridgehead atoms. The number of methoxy groups -OCH3 is 1. The maximum atomic E-state index is 11.9. The molecule has 0 radical (unpaired) electrons. The first-order chi connectivity index (χ1) is 9.59. The number of hydrogen-bond donors (Lipinski definition) is 3. The number of ether oxygens (including phenoxy) is 1. The summed E-state index contributed by atoms with van der Waals surface area (Å²) in [6.45, 7) is 5.71. The molecule has 3 amide bonds. The van der Waals surface area contributed by atoms with Crippen molar-refractivity contribution in [3.05, 3.63) is 0 Å². The van der Waals surface area contributed by atoms with E-state index in [-0.39, 0.29) is 12.5 Å². The quantitative estimate of drug-likeness (QED) is 0.569. The van der Waals surface area contributed by atoms with Crippen molar-refractivity contribution in [3.8, 4) is 0 Å². The van der Waals surface area contributed by atoms with Crippen molar-refractivity contribution in [2.24, 2.45) is 5.41 Å². The molecule has 1 atom stereocenters. The number of hydrogen-bond acceptors (Lipinski definition) is 4. The van der Waals surface area contributed by atoms with Crippen molar-refractivity contribution in [2.75, 3.05) is 33.9 Å². The minimum atomic E-state index is -1.12. The van der Waals surface area contributed by atoms with Crippen LogP contribution in [0.4, 0.5) is 4.79 Å². The lowest BCUT2D eigenvalue weighted by atomic mass is 9.87. The Kier molecular flexibility index (Phi) is 7.72. The standard InChI is InChI=1S/C13H25N3O5/c1-13(2,3)10(11(18)19)15-12(20)16(4)8-9(17)14-6-7-21-5/h10H,6-8H2,1-5H3,(H,14,17)(H,15,20)(H,18,19). The van der Waals surface area contributed by atoms with Crippen molar-refractivity contribution >= 4 is 17.9 Å². The number of nitrogens with zero attached hydrogens (tertiary/aromatic N) is 1. The molecule has 0 aromatic heterocycles. The molecule has 8 heteroatoms. The van der Waals surface area contributed by atoms with Crippen LogP contribution in [0.5, 0.6) is 0 Å². The van der Waals surface area contributed by atoms with Crippen LogP contribution < -0.4 is 10.6 Å². The average molecular weight is 303 g/mol. The number of carboxylic acids is 1. The second-order valence-electron chi connectivity index (χ2n) is 5.79. The summed E-state index contributed by atoms with van der Waals surface area (Å²) < 4.78 is 4.79. The van der Waals surface area contributed by atoms with Crippen molar-refractivity contribution in [2.45, 2.75) is 26.8 Å². The van der Waals surface area contributed by atoms with Gasteiger partial charge in [-0.15, -0.1) is 0 Å². The predicted molar refractivity (Wildman–Crippen MR) is 76.9 cm³/mol. The van der Waals surface area contributed by atoms with Crippen LogP contribution in [0.15, 0.2) is 0 Å². The summed E-state index contributed by atoms with van der Waals surface area (Å²) in [5, 5.41) is 14.1. The molecule has 8 nitrogen and oxygen atoms in total. The van der Waals surface area contributed by atoms with Crippen LogP contribution in [-0.4, -0.2) is 67.8 Å². The Morgan fingerprint density at radius 2 is 1.86 bits per heavy atom. The molecule has 3 N–H and O–H groups in total. The van der Waals surface area contributed by atoms with Gasteiger partial charge >= 0.3 is 12.0 Å². The Bertz CT molecular complexity index is 378. The fourth-order valence-electron chi connectivity index (χ4n) is 1.52. The van der Waals surface area contributed by atoms with Crippen LogP contribution >= 0.6 is 0 Å². The molecule has 0 aliphatic heterocycles. The summed E-state index contributed by atoms with van der Waals surface area (Å²) in [6, 6.07) is -1.65. The van der Waals surface area contributed by atoms with Gasteiger partial charge in [0.1, 0.15) is 12.6 Å². The molecule has 0 aromatic carbocycles. The fraction of sp³-hybridized carbons (Fsp3) is 0.769. The second kappa shape index (κ2) is 8.46. The van der Waals surface area contributed by atoms with Gasteiger partial charge in [-0.1, -0.05) is 20.8 Å². The Balaban J connectivity index is 4.44. The van der Waals surface area contributed by atoms with E-state index in [4.69, 9.17) is 9.84 Å². The minimum absolute atomic E-state index is 0.161. The molecule has 0 saturated carbocycles. The minimum Gasteiger partial charge on any atom is -0.480 e. The topological polar surface area (TPSA) is 108 Å². The highest BCUT2D eigenvalue weighted by molar-refractivity contribution is 5.86. The number of rotatable bonds is 7. The van der Waals surface area contributed by atoms with E-state index in [1.807, 2.05) is 0 Å². The first-order valence-electron chi connectivity index (χ1n) is 6.59. The van der Waals surface area contributed by atoms with Gasteiger partial charge in [0.25, 0.3) is 0 Å². The molecule has 0 fully saturated rings. The summed E-state index contributed by atoms with van der Waals surface area (Å²) in [5.74, 6) is -1.46. The van der Waals surface area contributed by atoms with Crippen LogP contribution in [0.25, 0.3) is 0 Å². The van der Waals surface area contributed by atoms with Crippen molar-refractivity contribution in [3.63, 3.8) is 0 Å². The number of nitrogens with one attached hydrogen (secondary N) is 2. The highest BCUT2D eigenvalue weighted by Crippen LogP contribution is 2.19. The molecule has 0 rings (SSSR count). The molecule has 0 aliphatic carbocycles. The number of likely N-dealkylation sites (N-methyl/N-ethyl adjacent to an activating group) is 1. The Hall–Kier alpha value is -1.83. The van der Waals surface area contributed by atoms with E-state index in [1.165, 1.54) is 14.2 Å². The van der Waals surface area contributed by atoms with Gasteiger partial charge in [-0.2, -0.15) is 0 Å². The van der Waals surface area contributed by atoms with Gasteiger partial charge in [-0.25, -0.2) is 9.59 Å². The van der Waals surface area contributed by atoms with Crippen LogP contribution in [0.2, 0.25) is 0 Å². The average Bonchev–Trinajstić information content (AvgIpc) is 2.33. The van der Waals surface area contributed by atoms with Crippen LogP contribution in [0, 0.1) is 5.41 Å². The molecule has 0 aliphatic rings. The lowest BCUT2D eigenvalue weighted by Gasteiger charge is -2.29. The third-order valence-electron chi connectivity index (χ3n) is 2.74. The SMILES string of the molecule is COCCNC(=O)CN(C)C(=O)NC(C(=O)O)C(C)(C)C. The van der Waals surface area contributed by atoms with E-state index in [1.54, 1.807) is 20.8 Å². The predicted octanol–water partition coefficient (Wildman–Crippen LogP) is -0.110. The monoisotopic (exact) mass is 303 g/mol. The third-order valence-corrected chi connectivity index (χ3v) is 2.74. The van der Waals surface area contributed by atoms with Gasteiger partial charge in [0.05, 0.1) is 6.61 Å². The van der Waals surface area contributed by atoms with Crippen LogP contribution in [0.3, 0.4) is 0 Å². The molecule has 122 valence electrons. The Labute approximate surface area is 124 Å². The third kappa shape index (κ3) is 7.50. The van der Waals surface area contributed by atoms with E-state index in [0.29, 0.717) is 13.2 Å². The maximum Gasteiger partial charge on any atom is 0.326 e. The summed E-state index contributed by atoms with van der Waals surface area (Å²) in [4.78, 5) is 35.8. The number of urea groups is 1. The highest BCUT2D eigenvalue weighted by Gasteiger charge is 2.33. The van der Waals surface area contributed by atoms with Gasteiger partial charge in [0.2, 0.25) is 5.91 Å². The first-order valence-corrected chi connectivity index (χ1v) is 6.59. The number of carboxylic acid groups (broad SMARTS) is 1. The van der Waals surface area contributed by atoms with Gasteiger partial charge in [-0.05, 0) is 5.41 Å². The summed E-state index contributed by atoms with van der Waals surface area (Å²) in [5.41, 5.74) is -0.636. The summed E-state index contributed by atoms with van der Waals surface area (Å²) >= 11 is 0. The maximum absolute atomic E-state index is 11.9. The van der Waals surface area contributed by atoms with E-state index in [0.717, 1.165) is 4.90 Å². The largest absolute Gasteiger partial charge is 0.480 e. The van der Waals surface area contributed by atoms with Crippen LogP contribution in [0.1, 0.15) is 20.8 Å². The van der Waals surface area contributed by atoms with E-state index < -0.39 is 23.5 Å². The fourth-order valence-corrected chi connectivity index (χ4v) is 1.52. The molecular formula is C13H25N3O5. The highest BCUT2D eigenvalue weighted by atomic mass is 16.5. The van der Waals surface area contributed by atoms with Crippen LogP contribution in [-0.2, 0) is 14.3 Å². The molecule has 1 unspecified atom stereocenters. The van der Waals surface area contributed by atoms with Gasteiger partial charge in [0.15, 0.2) is 0 Å². The smallest absolute Gasteiger partial charge is 0.326 e. The molecule has 0 aromatic rings. The molecule has 0 heterocycles. The number of amides is 3.